The Labute approximate surface area is 168 Å². The fraction of sp³-hybridized carbons (Fsp3) is 0.381. The predicted octanol–water partition coefficient (Wildman–Crippen LogP) is 4.47. The Bertz CT molecular complexity index is 1050. The number of hydrogen-bond donors (Lipinski definition) is 2. The fourth-order valence-electron chi connectivity index (χ4n) is 3.03. The molecular weight excluding hydrogens is 372 g/mol. The molecule has 0 spiro atoms. The van der Waals surface area contributed by atoms with Gasteiger partial charge in [-0.1, -0.05) is 37.7 Å². The molecule has 3 aromatic rings. The van der Waals surface area contributed by atoms with Crippen molar-refractivity contribution >= 4 is 34.4 Å². The van der Waals surface area contributed by atoms with Crippen molar-refractivity contribution in [3.63, 3.8) is 0 Å². The third-order valence-corrected chi connectivity index (χ3v) is 5.45. The zero-order valence-electron chi connectivity index (χ0n) is 16.9. The number of anilines is 1. The van der Waals surface area contributed by atoms with Crippen LogP contribution in [-0.4, -0.2) is 26.2 Å². The molecule has 1 amide bonds. The highest BCUT2D eigenvalue weighted by atomic mass is 32.2. The molecule has 148 valence electrons. The molecule has 0 saturated carbocycles. The second-order valence-electron chi connectivity index (χ2n) is 7.49. The molecule has 0 bridgehead atoms. The lowest BCUT2D eigenvalue weighted by molar-refractivity contribution is -0.113. The lowest BCUT2D eigenvalue weighted by atomic mass is 10.0. The van der Waals surface area contributed by atoms with Crippen LogP contribution in [0.4, 0.5) is 5.69 Å². The van der Waals surface area contributed by atoms with Gasteiger partial charge in [-0.05, 0) is 50.5 Å². The predicted molar refractivity (Wildman–Crippen MR) is 115 cm³/mol. The second-order valence-corrected chi connectivity index (χ2v) is 8.43. The Morgan fingerprint density at radius 2 is 1.89 bits per heavy atom. The Morgan fingerprint density at radius 3 is 2.50 bits per heavy atom. The number of rotatable bonds is 6. The van der Waals surface area contributed by atoms with Crippen LogP contribution in [0.15, 0.2) is 40.3 Å². The fourth-order valence-corrected chi connectivity index (χ4v) is 3.95. The summed E-state index contributed by atoms with van der Waals surface area (Å²) in [7, 11) is 0. The molecular formula is C21H26N4O2S. The van der Waals surface area contributed by atoms with Crippen molar-refractivity contribution < 1.29 is 4.79 Å². The van der Waals surface area contributed by atoms with Crippen molar-refractivity contribution in [3.8, 4) is 0 Å². The minimum atomic E-state index is -0.128. The maximum atomic E-state index is 12.8. The molecule has 0 fully saturated rings. The Hall–Kier alpha value is -2.54. The molecule has 6 nitrogen and oxygen atoms in total. The van der Waals surface area contributed by atoms with E-state index in [-0.39, 0.29) is 23.3 Å². The summed E-state index contributed by atoms with van der Waals surface area (Å²) in [6.07, 6.45) is 0. The number of aryl methyl sites for hydroxylation is 1. The zero-order valence-corrected chi connectivity index (χ0v) is 17.7. The third-order valence-electron chi connectivity index (χ3n) is 4.50. The molecule has 0 radical (unpaired) electrons. The largest absolute Gasteiger partial charge is 0.353 e. The van der Waals surface area contributed by atoms with E-state index in [1.54, 1.807) is 4.57 Å². The van der Waals surface area contributed by atoms with E-state index in [1.807, 2.05) is 51.1 Å². The second kappa shape index (κ2) is 8.22. The molecule has 28 heavy (non-hydrogen) atoms. The van der Waals surface area contributed by atoms with Gasteiger partial charge in [-0.2, -0.15) is 0 Å². The van der Waals surface area contributed by atoms with E-state index in [0.29, 0.717) is 22.1 Å². The van der Waals surface area contributed by atoms with Gasteiger partial charge in [0.1, 0.15) is 5.52 Å². The maximum absolute atomic E-state index is 12.8. The topological polar surface area (TPSA) is 79.8 Å². The highest BCUT2D eigenvalue weighted by Crippen LogP contribution is 2.22. The number of carbonyl (C=O) groups excluding carboxylic acids is 1. The summed E-state index contributed by atoms with van der Waals surface area (Å²) in [4.78, 5) is 32.9. The summed E-state index contributed by atoms with van der Waals surface area (Å²) in [6, 6.07) is 9.66. The highest BCUT2D eigenvalue weighted by molar-refractivity contribution is 7.99. The molecule has 0 atom stereocenters. The monoisotopic (exact) mass is 398 g/mol. The normalized spacial score (nSPS) is 11.5. The minimum Gasteiger partial charge on any atom is -0.353 e. The first-order chi connectivity index (χ1) is 13.3. The third kappa shape index (κ3) is 4.30. The van der Waals surface area contributed by atoms with Crippen LogP contribution in [0.1, 0.15) is 50.9 Å². The average Bonchev–Trinajstić information content (AvgIpc) is 3.00. The zero-order chi connectivity index (χ0) is 20.4. The number of amides is 1. The Morgan fingerprint density at radius 1 is 1.21 bits per heavy atom. The van der Waals surface area contributed by atoms with Crippen LogP contribution >= 0.6 is 11.8 Å². The van der Waals surface area contributed by atoms with Crippen molar-refractivity contribution in [2.75, 3.05) is 11.1 Å². The molecule has 1 aromatic carbocycles. The number of benzene rings is 1. The van der Waals surface area contributed by atoms with Gasteiger partial charge in [0.05, 0.1) is 11.3 Å². The number of hydrogen-bond acceptors (Lipinski definition) is 4. The van der Waals surface area contributed by atoms with Gasteiger partial charge in [0.25, 0.3) is 5.56 Å². The Kier molecular flexibility index (Phi) is 5.93. The summed E-state index contributed by atoms with van der Waals surface area (Å²) >= 11 is 1.27. The van der Waals surface area contributed by atoms with Gasteiger partial charge < -0.3 is 10.3 Å². The number of nitrogens with one attached hydrogen (secondary N) is 2. The van der Waals surface area contributed by atoms with Crippen LogP contribution in [0.3, 0.4) is 0 Å². The van der Waals surface area contributed by atoms with Crippen molar-refractivity contribution in [2.45, 2.75) is 51.7 Å². The minimum absolute atomic E-state index is 0.0536. The highest BCUT2D eigenvalue weighted by Gasteiger charge is 2.16. The summed E-state index contributed by atoms with van der Waals surface area (Å²) in [6.45, 7) is 10.0. The number of aromatic amines is 1. The number of aromatic nitrogens is 3. The lowest BCUT2D eigenvalue weighted by Crippen LogP contribution is -2.25. The standard InChI is InChI=1S/C21H26N4O2S/c1-12(2)15-6-8-16(9-7-15)23-18(26)11-28-21-24-17-10-14(5)22-19(17)20(27)25(21)13(3)4/h6-10,12-13,22H,11H2,1-5H3,(H,23,26). The average molecular weight is 399 g/mol. The molecule has 0 aliphatic carbocycles. The molecule has 7 heteroatoms. The van der Waals surface area contributed by atoms with Gasteiger partial charge in [0.15, 0.2) is 5.16 Å². The van der Waals surface area contributed by atoms with E-state index in [4.69, 9.17) is 0 Å². The SMILES string of the molecule is Cc1cc2nc(SCC(=O)Nc3ccc(C(C)C)cc3)n(C(C)C)c(=O)c2[nH]1. The summed E-state index contributed by atoms with van der Waals surface area (Å²) in [5.41, 5.74) is 3.91. The summed E-state index contributed by atoms with van der Waals surface area (Å²) in [5, 5.41) is 3.45. The first kappa shape index (κ1) is 20.2. The number of fused-ring (bicyclic) bond motifs is 1. The van der Waals surface area contributed by atoms with Gasteiger partial charge in [-0.15, -0.1) is 0 Å². The molecule has 0 saturated heterocycles. The van der Waals surface area contributed by atoms with Gasteiger partial charge in [0.2, 0.25) is 5.91 Å². The molecule has 0 aliphatic heterocycles. The number of H-pyrrole nitrogens is 1. The quantitative estimate of drug-likeness (QED) is 0.474. The van der Waals surface area contributed by atoms with Gasteiger partial charge >= 0.3 is 0 Å². The van der Waals surface area contributed by atoms with Crippen molar-refractivity contribution in [1.82, 2.24) is 14.5 Å². The van der Waals surface area contributed by atoms with Gasteiger partial charge in [-0.3, -0.25) is 14.2 Å². The van der Waals surface area contributed by atoms with Crippen LogP contribution in [0.5, 0.6) is 0 Å². The molecule has 0 unspecified atom stereocenters. The van der Waals surface area contributed by atoms with E-state index in [1.165, 1.54) is 17.3 Å². The smallest absolute Gasteiger partial charge is 0.278 e. The van der Waals surface area contributed by atoms with Crippen LogP contribution in [-0.2, 0) is 4.79 Å². The first-order valence-electron chi connectivity index (χ1n) is 9.40. The van der Waals surface area contributed by atoms with E-state index in [9.17, 15) is 9.59 Å². The van der Waals surface area contributed by atoms with E-state index in [0.717, 1.165) is 11.4 Å². The molecule has 0 aliphatic rings. The van der Waals surface area contributed by atoms with E-state index >= 15 is 0 Å². The van der Waals surface area contributed by atoms with Crippen LogP contribution in [0, 0.1) is 6.92 Å². The number of nitrogens with zero attached hydrogens (tertiary/aromatic N) is 2. The molecule has 2 aromatic heterocycles. The molecule has 2 N–H and O–H groups in total. The molecule has 3 rings (SSSR count). The van der Waals surface area contributed by atoms with Gasteiger partial charge in [0, 0.05) is 17.4 Å². The van der Waals surface area contributed by atoms with Crippen molar-refractivity contribution in [3.05, 3.63) is 51.9 Å². The van der Waals surface area contributed by atoms with Crippen molar-refractivity contribution in [2.24, 2.45) is 0 Å². The molecule has 2 heterocycles. The van der Waals surface area contributed by atoms with E-state index < -0.39 is 0 Å². The number of carbonyl (C=O) groups is 1. The van der Waals surface area contributed by atoms with Crippen LogP contribution in [0.25, 0.3) is 11.0 Å². The summed E-state index contributed by atoms with van der Waals surface area (Å²) < 4.78 is 1.63. The summed E-state index contributed by atoms with van der Waals surface area (Å²) in [5.74, 6) is 0.503. The van der Waals surface area contributed by atoms with Crippen molar-refractivity contribution in [1.29, 1.82) is 0 Å². The number of thioether (sulfide) groups is 1. The van der Waals surface area contributed by atoms with Crippen LogP contribution < -0.4 is 10.9 Å². The van der Waals surface area contributed by atoms with E-state index in [2.05, 4.69) is 29.1 Å². The Balaban J connectivity index is 1.76. The lowest BCUT2D eigenvalue weighted by Gasteiger charge is -2.15. The first-order valence-corrected chi connectivity index (χ1v) is 10.4. The van der Waals surface area contributed by atoms with Gasteiger partial charge in [-0.25, -0.2) is 4.98 Å². The maximum Gasteiger partial charge on any atom is 0.278 e. The van der Waals surface area contributed by atoms with Crippen LogP contribution in [0.2, 0.25) is 0 Å².